The van der Waals surface area contributed by atoms with Crippen molar-refractivity contribution in [3.8, 4) is 17.1 Å². The first-order chi connectivity index (χ1) is 19.5. The minimum Gasteiger partial charge on any atom is -0.491 e. The molecule has 0 unspecified atom stereocenters. The van der Waals surface area contributed by atoms with Gasteiger partial charge in [0.15, 0.2) is 22.6 Å². The third-order valence-corrected chi connectivity index (χ3v) is 6.99. The number of nitrogens with two attached hydrogens (primary N) is 1. The maximum absolute atomic E-state index is 14.8. The average Bonchev–Trinajstić information content (AvgIpc) is 3.58. The molecule has 0 radical (unpaired) electrons. The third kappa shape index (κ3) is 5.12. The number of anilines is 2. The number of methoxy groups -OCH3 is 1. The van der Waals surface area contributed by atoms with E-state index < -0.39 is 0 Å². The van der Waals surface area contributed by atoms with Gasteiger partial charge in [0, 0.05) is 58.0 Å². The fraction of sp³-hybridized carbons (Fsp3) is 0.333. The van der Waals surface area contributed by atoms with Gasteiger partial charge in [0.25, 0.3) is 0 Å². The van der Waals surface area contributed by atoms with E-state index in [-0.39, 0.29) is 17.6 Å². The molecular formula is C27H29F2N9O2. The molecule has 13 heteroatoms. The Kier molecular flexibility index (Phi) is 7.13. The Morgan fingerprint density at radius 3 is 2.58 bits per heavy atom. The van der Waals surface area contributed by atoms with Crippen molar-refractivity contribution < 1.29 is 18.3 Å². The molecule has 1 aliphatic heterocycles. The van der Waals surface area contributed by atoms with Crippen molar-refractivity contribution in [2.45, 2.75) is 6.54 Å². The molecule has 4 heterocycles. The number of imidazole rings is 1. The summed E-state index contributed by atoms with van der Waals surface area (Å²) in [6.45, 7) is 5.24. The lowest BCUT2D eigenvalue weighted by Gasteiger charge is -2.36. The molecule has 6 rings (SSSR count). The number of fused-ring (bicyclic) bond motifs is 3. The van der Waals surface area contributed by atoms with Gasteiger partial charge in [-0.15, -0.1) is 5.10 Å². The molecular weight excluding hydrogens is 520 g/mol. The van der Waals surface area contributed by atoms with Crippen LogP contribution in [0.3, 0.4) is 0 Å². The zero-order chi connectivity index (χ0) is 27.6. The first kappa shape index (κ1) is 25.9. The maximum atomic E-state index is 14.8. The second-order valence-electron chi connectivity index (χ2n) is 9.54. The van der Waals surface area contributed by atoms with Crippen molar-refractivity contribution in [2.24, 2.45) is 0 Å². The molecule has 0 saturated carbocycles. The van der Waals surface area contributed by atoms with Gasteiger partial charge < -0.3 is 24.7 Å². The van der Waals surface area contributed by atoms with E-state index in [0.717, 1.165) is 19.6 Å². The predicted molar refractivity (Wildman–Crippen MR) is 146 cm³/mol. The second kappa shape index (κ2) is 11.0. The average molecular weight is 550 g/mol. The summed E-state index contributed by atoms with van der Waals surface area (Å²) in [5.41, 5.74) is 8.97. The molecule has 1 fully saturated rings. The Bertz CT molecular complexity index is 1650. The van der Waals surface area contributed by atoms with Gasteiger partial charge in [0.1, 0.15) is 24.0 Å². The van der Waals surface area contributed by atoms with Crippen LogP contribution in [0.1, 0.15) is 0 Å². The van der Waals surface area contributed by atoms with Crippen LogP contribution in [0.25, 0.3) is 28.2 Å². The lowest BCUT2D eigenvalue weighted by atomic mass is 10.2. The van der Waals surface area contributed by atoms with Gasteiger partial charge in [-0.05, 0) is 24.3 Å². The summed E-state index contributed by atoms with van der Waals surface area (Å²) in [7, 11) is 1.60. The molecule has 0 bridgehead atoms. The Balaban J connectivity index is 1.11. The van der Waals surface area contributed by atoms with Crippen LogP contribution in [0.2, 0.25) is 0 Å². The smallest absolute Gasteiger partial charge is 0.225 e. The van der Waals surface area contributed by atoms with Crippen molar-refractivity contribution in [1.82, 2.24) is 34.0 Å². The summed E-state index contributed by atoms with van der Waals surface area (Å²) in [5.74, 6) is 0.344. The van der Waals surface area contributed by atoms with Gasteiger partial charge in [-0.25, -0.2) is 18.7 Å². The lowest BCUT2D eigenvalue weighted by molar-refractivity contribution is 0.146. The number of halogens is 2. The van der Waals surface area contributed by atoms with E-state index in [1.807, 2.05) is 4.57 Å². The Hall–Kier alpha value is -4.36. The SMILES string of the molecule is COCCOc1ccc(N2CCN(CCn3cnc4c3nc(N)n3nc(-c5cccc(F)c5)nc43)CC2)c(F)c1. The van der Waals surface area contributed by atoms with Crippen LogP contribution < -0.4 is 15.4 Å². The van der Waals surface area contributed by atoms with Crippen LogP contribution >= 0.6 is 0 Å². The number of aromatic nitrogens is 6. The summed E-state index contributed by atoms with van der Waals surface area (Å²) in [4.78, 5) is 18.0. The quantitative estimate of drug-likeness (QED) is 0.278. The molecule has 0 amide bonds. The molecule has 1 aliphatic rings. The molecule has 0 spiro atoms. The first-order valence-corrected chi connectivity index (χ1v) is 13.0. The van der Waals surface area contributed by atoms with Crippen molar-refractivity contribution in [3.05, 3.63) is 60.4 Å². The summed E-state index contributed by atoms with van der Waals surface area (Å²) < 4.78 is 42.3. The van der Waals surface area contributed by atoms with Crippen LogP contribution in [-0.4, -0.2) is 87.1 Å². The van der Waals surface area contributed by atoms with Gasteiger partial charge in [0.2, 0.25) is 5.95 Å². The molecule has 2 aromatic carbocycles. The predicted octanol–water partition coefficient (Wildman–Crippen LogP) is 2.85. The summed E-state index contributed by atoms with van der Waals surface area (Å²) in [5, 5.41) is 4.41. The number of nitrogens with zero attached hydrogens (tertiary/aromatic N) is 8. The first-order valence-electron chi connectivity index (χ1n) is 13.0. The Morgan fingerprint density at radius 2 is 1.80 bits per heavy atom. The molecule has 40 heavy (non-hydrogen) atoms. The zero-order valence-electron chi connectivity index (χ0n) is 22.0. The monoisotopic (exact) mass is 549 g/mol. The van der Waals surface area contributed by atoms with Crippen LogP contribution in [0, 0.1) is 11.6 Å². The number of ether oxygens (including phenoxy) is 2. The molecule has 2 N–H and O–H groups in total. The van der Waals surface area contributed by atoms with E-state index in [1.165, 1.54) is 22.7 Å². The minimum atomic E-state index is -0.371. The Labute approximate surface area is 228 Å². The van der Waals surface area contributed by atoms with Gasteiger partial charge in [-0.3, -0.25) is 4.90 Å². The summed E-state index contributed by atoms with van der Waals surface area (Å²) >= 11 is 0. The number of hydrogen-bond acceptors (Lipinski definition) is 9. The number of rotatable bonds is 9. The van der Waals surface area contributed by atoms with E-state index in [9.17, 15) is 8.78 Å². The standard InChI is InChI=1S/C27H29F2N9O2/c1-39-13-14-40-20-5-6-22(21(29)16-20)36-10-7-35(8-11-36)9-12-37-17-31-23-25(37)33-27(30)38-26(23)32-24(34-38)18-3-2-4-19(28)15-18/h2-6,15-17H,7-14H2,1H3,(H2,30,33). The molecule has 3 aromatic heterocycles. The summed E-state index contributed by atoms with van der Waals surface area (Å²) in [6, 6.07) is 11.1. The van der Waals surface area contributed by atoms with Crippen molar-refractivity contribution >= 4 is 28.4 Å². The summed E-state index contributed by atoms with van der Waals surface area (Å²) in [6.07, 6.45) is 1.72. The highest BCUT2D eigenvalue weighted by atomic mass is 19.1. The normalized spacial score (nSPS) is 14.4. The van der Waals surface area contributed by atoms with Gasteiger partial charge in [-0.1, -0.05) is 12.1 Å². The van der Waals surface area contributed by atoms with E-state index in [4.69, 9.17) is 15.2 Å². The van der Waals surface area contributed by atoms with Crippen LogP contribution in [-0.2, 0) is 11.3 Å². The highest BCUT2D eigenvalue weighted by Gasteiger charge is 2.21. The molecule has 5 aromatic rings. The van der Waals surface area contributed by atoms with Gasteiger partial charge in [0.05, 0.1) is 18.6 Å². The number of hydrogen-bond donors (Lipinski definition) is 1. The highest BCUT2D eigenvalue weighted by molar-refractivity contribution is 5.87. The number of benzene rings is 2. The van der Waals surface area contributed by atoms with Crippen LogP contribution in [0.5, 0.6) is 5.75 Å². The number of piperazine rings is 1. The highest BCUT2D eigenvalue weighted by Crippen LogP contribution is 2.26. The van der Waals surface area contributed by atoms with E-state index in [2.05, 4.69) is 29.9 Å². The molecule has 208 valence electrons. The van der Waals surface area contributed by atoms with Crippen LogP contribution in [0.4, 0.5) is 20.4 Å². The molecule has 0 atom stereocenters. The Morgan fingerprint density at radius 1 is 0.950 bits per heavy atom. The van der Waals surface area contributed by atoms with E-state index in [1.54, 1.807) is 37.7 Å². The second-order valence-corrected chi connectivity index (χ2v) is 9.54. The van der Waals surface area contributed by atoms with Crippen molar-refractivity contribution in [3.63, 3.8) is 0 Å². The molecule has 1 saturated heterocycles. The molecule has 0 aliphatic carbocycles. The zero-order valence-corrected chi connectivity index (χ0v) is 22.0. The fourth-order valence-corrected chi connectivity index (χ4v) is 4.88. The largest absolute Gasteiger partial charge is 0.491 e. The van der Waals surface area contributed by atoms with Gasteiger partial charge >= 0.3 is 0 Å². The van der Waals surface area contributed by atoms with E-state index >= 15 is 0 Å². The van der Waals surface area contributed by atoms with Crippen molar-refractivity contribution in [1.29, 1.82) is 0 Å². The van der Waals surface area contributed by atoms with Gasteiger partial charge in [-0.2, -0.15) is 9.50 Å². The maximum Gasteiger partial charge on any atom is 0.225 e. The molecule has 11 nitrogen and oxygen atoms in total. The van der Waals surface area contributed by atoms with Crippen molar-refractivity contribution in [2.75, 3.05) is 63.7 Å². The minimum absolute atomic E-state index is 0.171. The van der Waals surface area contributed by atoms with E-state index in [0.29, 0.717) is 72.5 Å². The fourth-order valence-electron chi connectivity index (χ4n) is 4.88. The van der Waals surface area contributed by atoms with Crippen LogP contribution in [0.15, 0.2) is 48.8 Å². The lowest BCUT2D eigenvalue weighted by Crippen LogP contribution is -2.47. The number of nitrogen functional groups attached to an aromatic ring is 1. The third-order valence-electron chi connectivity index (χ3n) is 6.99. The topological polar surface area (TPSA) is 112 Å².